The molecule has 0 saturated heterocycles. The zero-order valence-electron chi connectivity index (χ0n) is 10.9. The first kappa shape index (κ1) is 13.8. The Bertz CT molecular complexity index is 321. The molecule has 0 fully saturated rings. The van der Waals surface area contributed by atoms with Gasteiger partial charge in [-0.1, -0.05) is 50.1 Å². The number of rotatable bonds is 7. The van der Waals surface area contributed by atoms with Gasteiger partial charge in [-0.25, -0.2) is 0 Å². The van der Waals surface area contributed by atoms with Crippen molar-refractivity contribution in [1.82, 2.24) is 5.32 Å². The number of carbonyl (C=O) groups excluding carboxylic acids is 1. The van der Waals surface area contributed by atoms with Crippen LogP contribution in [0.5, 0.6) is 0 Å². The van der Waals surface area contributed by atoms with Crippen molar-refractivity contribution in [2.45, 2.75) is 52.0 Å². The lowest BCUT2D eigenvalue weighted by Crippen LogP contribution is -2.33. The van der Waals surface area contributed by atoms with E-state index < -0.39 is 0 Å². The summed E-state index contributed by atoms with van der Waals surface area (Å²) in [5.41, 5.74) is 1.35. The standard InChI is InChI=1S/C15H23NO/c1-3-4-10-15(16-13(2)17)12-11-14-8-6-5-7-9-14/h5-9,15H,3-4,10-12H2,1-2H3,(H,16,17)/t15-/m1/s1. The van der Waals surface area contributed by atoms with E-state index >= 15 is 0 Å². The van der Waals surface area contributed by atoms with Gasteiger partial charge in [-0.15, -0.1) is 0 Å². The maximum absolute atomic E-state index is 11.1. The smallest absolute Gasteiger partial charge is 0.217 e. The second-order valence-corrected chi connectivity index (χ2v) is 4.56. The molecule has 0 aliphatic carbocycles. The van der Waals surface area contributed by atoms with E-state index in [4.69, 9.17) is 0 Å². The summed E-state index contributed by atoms with van der Waals surface area (Å²) < 4.78 is 0. The first-order chi connectivity index (χ1) is 8.22. The SMILES string of the molecule is CCCC[C@H](CCc1ccccc1)NC(C)=O. The van der Waals surface area contributed by atoms with Crippen molar-refractivity contribution in [3.63, 3.8) is 0 Å². The van der Waals surface area contributed by atoms with Crippen molar-refractivity contribution in [3.8, 4) is 0 Å². The minimum atomic E-state index is 0.0826. The molecule has 2 heteroatoms. The van der Waals surface area contributed by atoms with Gasteiger partial charge in [-0.2, -0.15) is 0 Å². The fourth-order valence-corrected chi connectivity index (χ4v) is 2.01. The van der Waals surface area contributed by atoms with Crippen LogP contribution >= 0.6 is 0 Å². The van der Waals surface area contributed by atoms with E-state index in [1.807, 2.05) is 6.07 Å². The zero-order chi connectivity index (χ0) is 12.5. The average molecular weight is 233 g/mol. The van der Waals surface area contributed by atoms with Crippen LogP contribution < -0.4 is 5.32 Å². The monoisotopic (exact) mass is 233 g/mol. The molecule has 0 radical (unpaired) electrons. The van der Waals surface area contributed by atoms with E-state index in [1.54, 1.807) is 6.92 Å². The molecule has 0 unspecified atom stereocenters. The highest BCUT2D eigenvalue weighted by Gasteiger charge is 2.09. The fraction of sp³-hybridized carbons (Fsp3) is 0.533. The first-order valence-corrected chi connectivity index (χ1v) is 6.53. The Morgan fingerprint density at radius 1 is 1.24 bits per heavy atom. The Kier molecular flexibility index (Phi) is 6.38. The molecule has 0 heterocycles. The predicted octanol–water partition coefficient (Wildman–Crippen LogP) is 3.31. The summed E-state index contributed by atoms with van der Waals surface area (Å²) in [4.78, 5) is 11.1. The minimum absolute atomic E-state index is 0.0826. The van der Waals surface area contributed by atoms with Crippen molar-refractivity contribution >= 4 is 5.91 Å². The topological polar surface area (TPSA) is 29.1 Å². The van der Waals surface area contributed by atoms with Gasteiger partial charge in [0.15, 0.2) is 0 Å². The van der Waals surface area contributed by atoms with Gasteiger partial charge in [-0.3, -0.25) is 4.79 Å². The van der Waals surface area contributed by atoms with Crippen molar-refractivity contribution < 1.29 is 4.79 Å². The molecule has 2 nitrogen and oxygen atoms in total. The number of unbranched alkanes of at least 4 members (excludes halogenated alkanes) is 1. The number of carbonyl (C=O) groups is 1. The fourth-order valence-electron chi connectivity index (χ4n) is 2.01. The average Bonchev–Trinajstić information content (AvgIpc) is 2.33. The van der Waals surface area contributed by atoms with Gasteiger partial charge in [-0.05, 0) is 24.8 Å². The van der Waals surface area contributed by atoms with Crippen molar-refractivity contribution in [3.05, 3.63) is 35.9 Å². The van der Waals surface area contributed by atoms with Crippen LogP contribution in [0.3, 0.4) is 0 Å². The molecule has 17 heavy (non-hydrogen) atoms. The van der Waals surface area contributed by atoms with E-state index in [1.165, 1.54) is 18.4 Å². The van der Waals surface area contributed by atoms with Crippen LogP contribution in [0.1, 0.15) is 45.1 Å². The zero-order valence-corrected chi connectivity index (χ0v) is 10.9. The number of benzene rings is 1. The molecule has 1 amide bonds. The van der Waals surface area contributed by atoms with Gasteiger partial charge in [0.05, 0.1) is 0 Å². The molecule has 0 bridgehead atoms. The largest absolute Gasteiger partial charge is 0.354 e. The van der Waals surface area contributed by atoms with Crippen molar-refractivity contribution in [2.24, 2.45) is 0 Å². The van der Waals surface area contributed by atoms with Crippen LogP contribution in [0.2, 0.25) is 0 Å². The summed E-state index contributed by atoms with van der Waals surface area (Å²) >= 11 is 0. The summed E-state index contributed by atoms with van der Waals surface area (Å²) in [6.45, 7) is 3.78. The van der Waals surface area contributed by atoms with Crippen LogP contribution in [0.25, 0.3) is 0 Å². The normalized spacial score (nSPS) is 12.1. The molecule has 0 aliphatic heterocycles. The summed E-state index contributed by atoms with van der Waals surface area (Å²) in [6.07, 6.45) is 5.52. The van der Waals surface area contributed by atoms with Gasteiger partial charge in [0.1, 0.15) is 0 Å². The predicted molar refractivity (Wildman–Crippen MR) is 71.9 cm³/mol. The van der Waals surface area contributed by atoms with Gasteiger partial charge < -0.3 is 5.32 Å². The van der Waals surface area contributed by atoms with E-state index in [0.717, 1.165) is 19.3 Å². The highest BCUT2D eigenvalue weighted by atomic mass is 16.1. The lowest BCUT2D eigenvalue weighted by Gasteiger charge is -2.17. The van der Waals surface area contributed by atoms with Gasteiger partial charge in [0.2, 0.25) is 5.91 Å². The van der Waals surface area contributed by atoms with Gasteiger partial charge in [0, 0.05) is 13.0 Å². The Labute approximate surface area is 104 Å². The molecule has 1 aromatic rings. The van der Waals surface area contributed by atoms with Crippen molar-refractivity contribution in [2.75, 3.05) is 0 Å². The number of hydrogen-bond donors (Lipinski definition) is 1. The second kappa shape index (κ2) is 7.88. The van der Waals surface area contributed by atoms with E-state index in [2.05, 4.69) is 36.5 Å². The lowest BCUT2D eigenvalue weighted by molar-refractivity contribution is -0.119. The maximum atomic E-state index is 11.1. The summed E-state index contributed by atoms with van der Waals surface area (Å²) in [7, 11) is 0. The minimum Gasteiger partial charge on any atom is -0.354 e. The molecule has 1 rings (SSSR count). The lowest BCUT2D eigenvalue weighted by atomic mass is 10.0. The van der Waals surface area contributed by atoms with Crippen LogP contribution in [0.15, 0.2) is 30.3 Å². The second-order valence-electron chi connectivity index (χ2n) is 4.56. The van der Waals surface area contributed by atoms with Gasteiger partial charge >= 0.3 is 0 Å². The number of hydrogen-bond acceptors (Lipinski definition) is 1. The first-order valence-electron chi connectivity index (χ1n) is 6.53. The Morgan fingerprint density at radius 3 is 2.53 bits per heavy atom. The Hall–Kier alpha value is -1.31. The van der Waals surface area contributed by atoms with Crippen LogP contribution in [-0.2, 0) is 11.2 Å². The number of nitrogens with one attached hydrogen (secondary N) is 1. The summed E-state index contributed by atoms with van der Waals surface area (Å²) in [5.74, 6) is 0.0826. The molecule has 1 N–H and O–H groups in total. The third kappa shape index (κ3) is 6.10. The summed E-state index contributed by atoms with van der Waals surface area (Å²) in [6, 6.07) is 10.8. The molecule has 1 aromatic carbocycles. The Balaban J connectivity index is 2.40. The van der Waals surface area contributed by atoms with E-state index in [0.29, 0.717) is 6.04 Å². The van der Waals surface area contributed by atoms with E-state index in [-0.39, 0.29) is 5.91 Å². The summed E-state index contributed by atoms with van der Waals surface area (Å²) in [5, 5.41) is 3.05. The molecule has 0 saturated carbocycles. The maximum Gasteiger partial charge on any atom is 0.217 e. The number of amides is 1. The molecular formula is C15H23NO. The highest BCUT2D eigenvalue weighted by molar-refractivity contribution is 5.73. The quantitative estimate of drug-likeness (QED) is 0.769. The highest BCUT2D eigenvalue weighted by Crippen LogP contribution is 2.10. The molecule has 0 aromatic heterocycles. The Morgan fingerprint density at radius 2 is 1.94 bits per heavy atom. The number of aryl methyl sites for hydroxylation is 1. The third-order valence-electron chi connectivity index (χ3n) is 2.94. The van der Waals surface area contributed by atoms with Gasteiger partial charge in [0.25, 0.3) is 0 Å². The van der Waals surface area contributed by atoms with Crippen LogP contribution in [0, 0.1) is 0 Å². The van der Waals surface area contributed by atoms with E-state index in [9.17, 15) is 4.79 Å². The van der Waals surface area contributed by atoms with Crippen molar-refractivity contribution in [1.29, 1.82) is 0 Å². The van der Waals surface area contributed by atoms with Crippen LogP contribution in [-0.4, -0.2) is 11.9 Å². The molecule has 94 valence electrons. The van der Waals surface area contributed by atoms with Crippen LogP contribution in [0.4, 0.5) is 0 Å². The molecule has 1 atom stereocenters. The molecule has 0 aliphatic rings. The molecule has 0 spiro atoms. The molecular weight excluding hydrogens is 210 g/mol. The third-order valence-corrected chi connectivity index (χ3v) is 2.94.